The van der Waals surface area contributed by atoms with Gasteiger partial charge in [-0.15, -0.1) is 0 Å². The van der Waals surface area contributed by atoms with E-state index in [0.717, 1.165) is 23.6 Å². The van der Waals surface area contributed by atoms with E-state index in [1.807, 2.05) is 25.1 Å². The van der Waals surface area contributed by atoms with Gasteiger partial charge in [0.1, 0.15) is 5.82 Å². The summed E-state index contributed by atoms with van der Waals surface area (Å²) < 4.78 is 1.76. The Morgan fingerprint density at radius 1 is 1.14 bits per heavy atom. The van der Waals surface area contributed by atoms with E-state index in [-0.39, 0.29) is 5.43 Å². The maximum absolute atomic E-state index is 11.8. The van der Waals surface area contributed by atoms with E-state index in [2.05, 4.69) is 20.4 Å². The third-order valence-electron chi connectivity index (χ3n) is 3.14. The minimum Gasteiger partial charge on any atom is -0.369 e. The molecular formula is C15H15N5O. The lowest BCUT2D eigenvalue weighted by atomic mass is 10.2. The molecule has 0 radical (unpaired) electrons. The molecule has 0 spiro atoms. The molecule has 0 bridgehead atoms. The highest BCUT2D eigenvalue weighted by molar-refractivity contribution is 5.77. The molecule has 0 aliphatic rings. The topological polar surface area (TPSA) is 72.7 Å². The molecule has 21 heavy (non-hydrogen) atoms. The summed E-state index contributed by atoms with van der Waals surface area (Å²) in [6, 6.07) is 7.42. The third-order valence-corrected chi connectivity index (χ3v) is 3.14. The Hall–Kier alpha value is -2.76. The number of benzene rings is 1. The van der Waals surface area contributed by atoms with Gasteiger partial charge in [0.15, 0.2) is 0 Å². The minimum atomic E-state index is -0.0737. The van der Waals surface area contributed by atoms with Gasteiger partial charge in [-0.25, -0.2) is 4.98 Å². The minimum absolute atomic E-state index is 0.0737. The van der Waals surface area contributed by atoms with E-state index >= 15 is 0 Å². The van der Waals surface area contributed by atoms with E-state index in [9.17, 15) is 4.79 Å². The van der Waals surface area contributed by atoms with Crippen LogP contribution in [-0.4, -0.2) is 26.3 Å². The summed E-state index contributed by atoms with van der Waals surface area (Å²) >= 11 is 0. The van der Waals surface area contributed by atoms with Gasteiger partial charge in [0, 0.05) is 11.9 Å². The molecule has 3 rings (SSSR count). The van der Waals surface area contributed by atoms with E-state index in [4.69, 9.17) is 0 Å². The summed E-state index contributed by atoms with van der Waals surface area (Å²) in [6.07, 6.45) is 4.75. The van der Waals surface area contributed by atoms with Crippen LogP contribution in [0.2, 0.25) is 0 Å². The molecule has 2 heterocycles. The van der Waals surface area contributed by atoms with Gasteiger partial charge in [-0.1, -0.05) is 12.1 Å². The molecule has 1 aromatic carbocycles. The number of para-hydroxylation sites is 1. The SMILES string of the molecule is CCNc1cnc(Cn2ncc(=O)c3ccccc32)cn1. The molecule has 0 unspecified atom stereocenters. The summed E-state index contributed by atoms with van der Waals surface area (Å²) in [4.78, 5) is 20.4. The summed E-state index contributed by atoms with van der Waals surface area (Å²) in [5.74, 6) is 0.749. The quantitative estimate of drug-likeness (QED) is 0.787. The number of rotatable bonds is 4. The molecule has 0 atom stereocenters. The highest BCUT2D eigenvalue weighted by Gasteiger charge is 2.05. The van der Waals surface area contributed by atoms with Crippen LogP contribution in [0.1, 0.15) is 12.6 Å². The smallest absolute Gasteiger partial charge is 0.207 e. The first-order chi connectivity index (χ1) is 10.3. The highest BCUT2D eigenvalue weighted by atomic mass is 16.1. The summed E-state index contributed by atoms with van der Waals surface area (Å²) in [5, 5.41) is 7.94. The first-order valence-corrected chi connectivity index (χ1v) is 6.77. The van der Waals surface area contributed by atoms with Gasteiger partial charge < -0.3 is 5.32 Å². The average Bonchev–Trinajstić information content (AvgIpc) is 2.52. The second-order valence-corrected chi connectivity index (χ2v) is 4.61. The zero-order valence-corrected chi connectivity index (χ0v) is 11.7. The van der Waals surface area contributed by atoms with Crippen LogP contribution in [0, 0.1) is 0 Å². The Bertz CT molecular complexity index is 810. The number of nitrogens with one attached hydrogen (secondary N) is 1. The Morgan fingerprint density at radius 3 is 2.76 bits per heavy atom. The fraction of sp³-hybridized carbons (Fsp3) is 0.200. The third kappa shape index (κ3) is 2.74. The van der Waals surface area contributed by atoms with Gasteiger partial charge in [-0.05, 0) is 19.1 Å². The molecular weight excluding hydrogens is 266 g/mol. The predicted octanol–water partition coefficient (Wildman–Crippen LogP) is 1.67. The van der Waals surface area contributed by atoms with Crippen molar-refractivity contribution in [3.63, 3.8) is 0 Å². The number of aromatic nitrogens is 4. The highest BCUT2D eigenvalue weighted by Crippen LogP contribution is 2.10. The number of anilines is 1. The van der Waals surface area contributed by atoms with Gasteiger partial charge in [-0.3, -0.25) is 14.5 Å². The van der Waals surface area contributed by atoms with Crippen molar-refractivity contribution < 1.29 is 0 Å². The van der Waals surface area contributed by atoms with E-state index in [1.54, 1.807) is 23.1 Å². The van der Waals surface area contributed by atoms with Crippen molar-refractivity contribution in [2.45, 2.75) is 13.5 Å². The molecule has 6 heteroatoms. The van der Waals surface area contributed by atoms with Crippen molar-refractivity contribution in [3.8, 4) is 0 Å². The summed E-state index contributed by atoms with van der Waals surface area (Å²) in [7, 11) is 0. The van der Waals surface area contributed by atoms with Crippen LogP contribution in [0.3, 0.4) is 0 Å². The molecule has 0 fully saturated rings. The van der Waals surface area contributed by atoms with Crippen LogP contribution < -0.4 is 10.7 Å². The maximum Gasteiger partial charge on any atom is 0.207 e. The monoisotopic (exact) mass is 281 g/mol. The number of nitrogens with zero attached hydrogens (tertiary/aromatic N) is 4. The van der Waals surface area contributed by atoms with Gasteiger partial charge in [0.25, 0.3) is 0 Å². The van der Waals surface area contributed by atoms with Crippen molar-refractivity contribution >= 4 is 16.7 Å². The van der Waals surface area contributed by atoms with Crippen molar-refractivity contribution in [1.82, 2.24) is 19.7 Å². The van der Waals surface area contributed by atoms with Crippen LogP contribution in [-0.2, 0) is 6.54 Å². The lowest BCUT2D eigenvalue weighted by Gasteiger charge is -2.09. The lowest BCUT2D eigenvalue weighted by Crippen LogP contribution is -2.13. The second-order valence-electron chi connectivity index (χ2n) is 4.61. The molecule has 106 valence electrons. The molecule has 2 aromatic heterocycles. The molecule has 0 saturated heterocycles. The van der Waals surface area contributed by atoms with Gasteiger partial charge in [0.05, 0.1) is 36.3 Å². The van der Waals surface area contributed by atoms with Crippen molar-refractivity contribution in [3.05, 3.63) is 58.8 Å². The second kappa shape index (κ2) is 5.70. The summed E-state index contributed by atoms with van der Waals surface area (Å²) in [6.45, 7) is 3.28. The van der Waals surface area contributed by atoms with Crippen LogP contribution in [0.25, 0.3) is 10.9 Å². The molecule has 0 amide bonds. The first kappa shape index (κ1) is 13.2. The average molecular weight is 281 g/mol. The molecule has 6 nitrogen and oxygen atoms in total. The van der Waals surface area contributed by atoms with Gasteiger partial charge in [0.2, 0.25) is 5.43 Å². The first-order valence-electron chi connectivity index (χ1n) is 6.77. The van der Waals surface area contributed by atoms with Crippen LogP contribution in [0.15, 0.2) is 47.7 Å². The van der Waals surface area contributed by atoms with E-state index < -0.39 is 0 Å². The fourth-order valence-corrected chi connectivity index (χ4v) is 2.15. The summed E-state index contributed by atoms with van der Waals surface area (Å²) in [5.41, 5.74) is 1.51. The number of hydrogen-bond acceptors (Lipinski definition) is 5. The molecule has 1 N–H and O–H groups in total. The molecule has 3 aromatic rings. The van der Waals surface area contributed by atoms with Crippen LogP contribution >= 0.6 is 0 Å². The van der Waals surface area contributed by atoms with Crippen LogP contribution in [0.5, 0.6) is 0 Å². The standard InChI is InChI=1S/C15H15N5O/c1-2-16-15-9-17-11(7-18-15)10-20-13-6-4-3-5-12(13)14(21)8-19-20/h3-9H,2,10H2,1H3,(H,16,18). The van der Waals surface area contributed by atoms with Gasteiger partial charge in [-0.2, -0.15) is 5.10 Å². The van der Waals surface area contributed by atoms with E-state index in [0.29, 0.717) is 11.9 Å². The zero-order chi connectivity index (χ0) is 14.7. The molecule has 0 aliphatic heterocycles. The largest absolute Gasteiger partial charge is 0.369 e. The van der Waals surface area contributed by atoms with Crippen molar-refractivity contribution in [2.24, 2.45) is 0 Å². The lowest BCUT2D eigenvalue weighted by molar-refractivity contribution is 0.678. The van der Waals surface area contributed by atoms with Crippen molar-refractivity contribution in [2.75, 3.05) is 11.9 Å². The Balaban J connectivity index is 1.95. The fourth-order valence-electron chi connectivity index (χ4n) is 2.15. The number of hydrogen-bond donors (Lipinski definition) is 1. The van der Waals surface area contributed by atoms with E-state index in [1.165, 1.54) is 6.20 Å². The zero-order valence-electron chi connectivity index (χ0n) is 11.7. The Morgan fingerprint density at radius 2 is 2.00 bits per heavy atom. The maximum atomic E-state index is 11.8. The Kier molecular flexibility index (Phi) is 3.59. The van der Waals surface area contributed by atoms with Crippen LogP contribution in [0.4, 0.5) is 5.82 Å². The molecule has 0 aliphatic carbocycles. The van der Waals surface area contributed by atoms with Crippen molar-refractivity contribution in [1.29, 1.82) is 0 Å². The van der Waals surface area contributed by atoms with Gasteiger partial charge >= 0.3 is 0 Å². The molecule has 0 saturated carbocycles. The Labute approximate surface area is 121 Å². The predicted molar refractivity (Wildman–Crippen MR) is 81.3 cm³/mol. The normalized spacial score (nSPS) is 10.7. The number of fused-ring (bicyclic) bond motifs is 1.